The Morgan fingerprint density at radius 3 is 2.32 bits per heavy atom. The molecule has 0 heterocycles. The number of allylic oxidation sites excluding steroid dienone is 3. The number of hydrogen-bond acceptors (Lipinski definition) is 0. The summed E-state index contributed by atoms with van der Waals surface area (Å²) in [5.41, 5.74) is 3.00. The molecule has 25 heavy (non-hydrogen) atoms. The van der Waals surface area contributed by atoms with Crippen LogP contribution in [-0.4, -0.2) is 0 Å². The minimum absolute atomic E-state index is 0.649. The molecule has 0 amide bonds. The second-order valence-electron chi connectivity index (χ2n) is 8.37. The van der Waals surface area contributed by atoms with Crippen molar-refractivity contribution in [3.8, 4) is 0 Å². The van der Waals surface area contributed by atoms with Crippen molar-refractivity contribution in [1.29, 1.82) is 0 Å². The van der Waals surface area contributed by atoms with Gasteiger partial charge in [0.1, 0.15) is 0 Å². The molecule has 3 rings (SSSR count). The first-order valence-electron chi connectivity index (χ1n) is 10.7. The topological polar surface area (TPSA) is 0 Å². The predicted molar refractivity (Wildman–Crippen MR) is 110 cm³/mol. The van der Waals surface area contributed by atoms with Crippen molar-refractivity contribution in [2.45, 2.75) is 77.0 Å². The van der Waals surface area contributed by atoms with E-state index in [-0.39, 0.29) is 0 Å². The molecule has 1 fully saturated rings. The zero-order chi connectivity index (χ0) is 17.5. The van der Waals surface area contributed by atoms with Crippen LogP contribution in [0.5, 0.6) is 0 Å². The van der Waals surface area contributed by atoms with Gasteiger partial charge in [-0.15, -0.1) is 6.58 Å². The van der Waals surface area contributed by atoms with E-state index < -0.39 is 0 Å². The molecule has 0 aliphatic heterocycles. The fraction of sp³-hybridized carbons (Fsp3) is 0.600. The summed E-state index contributed by atoms with van der Waals surface area (Å²) < 4.78 is 0. The highest BCUT2D eigenvalue weighted by Gasteiger charge is 2.28. The summed E-state index contributed by atoms with van der Waals surface area (Å²) in [7, 11) is 0. The Hall–Kier alpha value is -1.30. The van der Waals surface area contributed by atoms with E-state index in [1.807, 2.05) is 0 Å². The van der Waals surface area contributed by atoms with Crippen molar-refractivity contribution < 1.29 is 0 Å². The largest absolute Gasteiger partial charge is 0.103 e. The zero-order valence-corrected chi connectivity index (χ0v) is 16.1. The van der Waals surface area contributed by atoms with Gasteiger partial charge in [-0.2, -0.15) is 0 Å². The molecular weight excluding hydrogens is 300 g/mol. The summed E-state index contributed by atoms with van der Waals surface area (Å²) in [6.07, 6.45) is 20.7. The van der Waals surface area contributed by atoms with Gasteiger partial charge in [0.05, 0.1) is 0 Å². The van der Waals surface area contributed by atoms with Crippen LogP contribution in [0, 0.1) is 17.8 Å². The molecule has 0 N–H and O–H groups in total. The van der Waals surface area contributed by atoms with Crippen molar-refractivity contribution in [1.82, 2.24) is 0 Å². The Bertz CT molecular complexity index is 542. The Balaban J connectivity index is 1.50. The standard InChI is InChI=1S/C25H36/c1-3-5-7-21-10-14-23(15-11-21)25-18-16-24(17-19-25)22-12-8-20(6-4-2)9-13-22/h3,8-9,12-13,16,18,21,23-25H,1,4-7,10-11,14-15,17,19H2,2H3. The van der Waals surface area contributed by atoms with Crippen LogP contribution in [0.25, 0.3) is 0 Å². The Morgan fingerprint density at radius 1 is 0.960 bits per heavy atom. The normalized spacial score (nSPS) is 29.5. The number of rotatable bonds is 7. The van der Waals surface area contributed by atoms with E-state index in [9.17, 15) is 0 Å². The lowest BCUT2D eigenvalue weighted by Gasteiger charge is -2.35. The van der Waals surface area contributed by atoms with E-state index >= 15 is 0 Å². The van der Waals surface area contributed by atoms with Crippen molar-refractivity contribution in [2.24, 2.45) is 17.8 Å². The maximum absolute atomic E-state index is 3.87. The van der Waals surface area contributed by atoms with Gasteiger partial charge in [0.15, 0.2) is 0 Å². The van der Waals surface area contributed by atoms with Crippen molar-refractivity contribution in [3.05, 3.63) is 60.2 Å². The van der Waals surface area contributed by atoms with Gasteiger partial charge < -0.3 is 0 Å². The smallest absolute Gasteiger partial charge is 0.00182 e. The molecule has 1 aromatic carbocycles. The van der Waals surface area contributed by atoms with Crippen LogP contribution >= 0.6 is 0 Å². The fourth-order valence-electron chi connectivity index (χ4n) is 4.99. The van der Waals surface area contributed by atoms with Crippen molar-refractivity contribution in [2.75, 3.05) is 0 Å². The second-order valence-corrected chi connectivity index (χ2v) is 8.37. The van der Waals surface area contributed by atoms with E-state index in [0.29, 0.717) is 5.92 Å². The summed E-state index contributed by atoms with van der Waals surface area (Å²) in [5, 5.41) is 0. The van der Waals surface area contributed by atoms with Crippen LogP contribution in [0.3, 0.4) is 0 Å². The molecule has 2 unspecified atom stereocenters. The van der Waals surface area contributed by atoms with Crippen molar-refractivity contribution >= 4 is 0 Å². The Kier molecular flexibility index (Phi) is 6.96. The lowest BCUT2D eigenvalue weighted by molar-refractivity contribution is 0.210. The van der Waals surface area contributed by atoms with Crippen LogP contribution in [0.2, 0.25) is 0 Å². The van der Waals surface area contributed by atoms with Gasteiger partial charge in [0, 0.05) is 5.92 Å². The lowest BCUT2D eigenvalue weighted by Crippen LogP contribution is -2.23. The maximum atomic E-state index is 3.87. The molecular formula is C25H36. The van der Waals surface area contributed by atoms with E-state index in [1.54, 1.807) is 0 Å². The van der Waals surface area contributed by atoms with Crippen LogP contribution < -0.4 is 0 Å². The van der Waals surface area contributed by atoms with E-state index in [4.69, 9.17) is 0 Å². The Morgan fingerprint density at radius 2 is 1.72 bits per heavy atom. The minimum Gasteiger partial charge on any atom is -0.103 e. The molecule has 2 aliphatic rings. The lowest BCUT2D eigenvalue weighted by atomic mass is 9.70. The first kappa shape index (κ1) is 18.5. The average molecular weight is 337 g/mol. The average Bonchev–Trinajstić information content (AvgIpc) is 2.68. The maximum Gasteiger partial charge on any atom is 0.00182 e. The van der Waals surface area contributed by atoms with Gasteiger partial charge >= 0.3 is 0 Å². The zero-order valence-electron chi connectivity index (χ0n) is 16.1. The van der Waals surface area contributed by atoms with Gasteiger partial charge in [0.25, 0.3) is 0 Å². The molecule has 2 atom stereocenters. The minimum atomic E-state index is 0.649. The van der Waals surface area contributed by atoms with Crippen LogP contribution in [0.4, 0.5) is 0 Å². The van der Waals surface area contributed by atoms with E-state index in [0.717, 1.165) is 17.8 Å². The number of hydrogen-bond donors (Lipinski definition) is 0. The van der Waals surface area contributed by atoms with Gasteiger partial charge in [-0.25, -0.2) is 0 Å². The molecule has 0 heteroatoms. The molecule has 0 bridgehead atoms. The third-order valence-corrected chi connectivity index (χ3v) is 6.62. The van der Waals surface area contributed by atoms with Crippen LogP contribution in [-0.2, 0) is 6.42 Å². The highest BCUT2D eigenvalue weighted by Crippen LogP contribution is 2.41. The highest BCUT2D eigenvalue weighted by molar-refractivity contribution is 5.29. The second kappa shape index (κ2) is 9.41. The molecule has 2 aliphatic carbocycles. The monoisotopic (exact) mass is 336 g/mol. The molecule has 0 radical (unpaired) electrons. The highest BCUT2D eigenvalue weighted by atomic mass is 14.3. The number of aryl methyl sites for hydroxylation is 1. The fourth-order valence-corrected chi connectivity index (χ4v) is 4.99. The predicted octanol–water partition coefficient (Wildman–Crippen LogP) is 7.46. The molecule has 0 aromatic heterocycles. The van der Waals surface area contributed by atoms with E-state index in [2.05, 4.69) is 56.0 Å². The van der Waals surface area contributed by atoms with Crippen LogP contribution in [0.15, 0.2) is 49.1 Å². The van der Waals surface area contributed by atoms with E-state index in [1.165, 1.54) is 75.3 Å². The third kappa shape index (κ3) is 5.09. The summed E-state index contributed by atoms with van der Waals surface area (Å²) in [6, 6.07) is 9.41. The van der Waals surface area contributed by atoms with Crippen LogP contribution in [0.1, 0.15) is 81.8 Å². The molecule has 0 saturated heterocycles. The first-order chi connectivity index (χ1) is 12.3. The summed E-state index contributed by atoms with van der Waals surface area (Å²) >= 11 is 0. The molecule has 1 aromatic rings. The SMILES string of the molecule is C=CCCC1CCC(C2C=CC(c3ccc(CCC)cc3)CC2)CC1. The molecule has 1 saturated carbocycles. The molecule has 0 spiro atoms. The summed E-state index contributed by atoms with van der Waals surface area (Å²) in [5.74, 6) is 3.41. The Labute approximate surface area is 155 Å². The quantitative estimate of drug-likeness (QED) is 0.453. The molecule has 0 nitrogen and oxygen atoms in total. The van der Waals surface area contributed by atoms with Crippen molar-refractivity contribution in [3.63, 3.8) is 0 Å². The van der Waals surface area contributed by atoms with Gasteiger partial charge in [0.2, 0.25) is 0 Å². The third-order valence-electron chi connectivity index (χ3n) is 6.62. The molecule has 136 valence electrons. The first-order valence-corrected chi connectivity index (χ1v) is 10.7. The number of benzene rings is 1. The van der Waals surface area contributed by atoms with Gasteiger partial charge in [-0.05, 0) is 73.8 Å². The summed E-state index contributed by atoms with van der Waals surface area (Å²) in [6.45, 7) is 6.13. The summed E-state index contributed by atoms with van der Waals surface area (Å²) in [4.78, 5) is 0. The van der Waals surface area contributed by atoms with Gasteiger partial charge in [-0.3, -0.25) is 0 Å². The van der Waals surface area contributed by atoms with Gasteiger partial charge in [-0.1, -0.05) is 68.7 Å².